The van der Waals surface area contributed by atoms with Crippen molar-refractivity contribution in [2.75, 3.05) is 0 Å². The maximum atomic E-state index is 3.56. The van der Waals surface area contributed by atoms with Gasteiger partial charge in [0.25, 0.3) is 0 Å². The Morgan fingerprint density at radius 3 is 2.59 bits per heavy atom. The lowest BCUT2D eigenvalue weighted by Gasteiger charge is -2.40. The fourth-order valence-corrected chi connectivity index (χ4v) is 3.67. The van der Waals surface area contributed by atoms with E-state index in [0.717, 1.165) is 0 Å². The van der Waals surface area contributed by atoms with Crippen LogP contribution in [0.15, 0.2) is 24.3 Å². The molecule has 0 unspecified atom stereocenters. The largest absolute Gasteiger partial charge is 0.358 e. The molecule has 0 saturated heterocycles. The fourth-order valence-electron chi connectivity index (χ4n) is 3.67. The summed E-state index contributed by atoms with van der Waals surface area (Å²) in [7, 11) is 0. The molecule has 4 rings (SSSR count). The molecule has 1 nitrogen and oxygen atoms in total. The Balaban J connectivity index is 2.07. The summed E-state index contributed by atoms with van der Waals surface area (Å²) in [5.74, 6) is 0. The molecule has 1 heteroatoms. The Bertz CT molecular complexity index is 614. The third kappa shape index (κ3) is 1.00. The quantitative estimate of drug-likeness (QED) is 0.692. The summed E-state index contributed by atoms with van der Waals surface area (Å²) in [6.07, 6.45) is 4.03. The van der Waals surface area contributed by atoms with Gasteiger partial charge < -0.3 is 4.98 Å². The molecular weight excluding hydrogens is 206 g/mol. The van der Waals surface area contributed by atoms with Gasteiger partial charge in [-0.25, -0.2) is 0 Å². The standard InChI is InChI=1S/C16H17N/c1-10-4-5-12-13(8-10)16(6-3-7-16)14-9-11(2)17-15(12)14/h4-5,8-9,17H,3,6-7H2,1-2H3. The first-order valence-electron chi connectivity index (χ1n) is 6.52. The highest BCUT2D eigenvalue weighted by molar-refractivity contribution is 5.80. The van der Waals surface area contributed by atoms with Crippen molar-refractivity contribution in [3.8, 4) is 11.3 Å². The molecule has 0 amide bonds. The summed E-state index contributed by atoms with van der Waals surface area (Å²) < 4.78 is 0. The highest BCUT2D eigenvalue weighted by Crippen LogP contribution is 2.58. The van der Waals surface area contributed by atoms with Crippen LogP contribution in [0.3, 0.4) is 0 Å². The molecule has 1 N–H and O–H groups in total. The molecule has 0 aliphatic heterocycles. The minimum atomic E-state index is 0.363. The second-order valence-electron chi connectivity index (χ2n) is 5.73. The van der Waals surface area contributed by atoms with Gasteiger partial charge in [0.2, 0.25) is 0 Å². The van der Waals surface area contributed by atoms with Crippen molar-refractivity contribution >= 4 is 0 Å². The Kier molecular flexibility index (Phi) is 1.59. The van der Waals surface area contributed by atoms with Gasteiger partial charge in [-0.1, -0.05) is 30.2 Å². The minimum Gasteiger partial charge on any atom is -0.358 e. The van der Waals surface area contributed by atoms with Crippen molar-refractivity contribution in [3.05, 3.63) is 46.6 Å². The Hall–Kier alpha value is -1.50. The van der Waals surface area contributed by atoms with Crippen molar-refractivity contribution in [1.82, 2.24) is 4.98 Å². The average Bonchev–Trinajstić information content (AvgIpc) is 2.69. The molecule has 1 heterocycles. The molecule has 0 radical (unpaired) electrons. The number of hydrogen-bond acceptors (Lipinski definition) is 0. The minimum absolute atomic E-state index is 0.363. The van der Waals surface area contributed by atoms with E-state index < -0.39 is 0 Å². The molecular formula is C16H17N. The number of hydrogen-bond donors (Lipinski definition) is 1. The summed E-state index contributed by atoms with van der Waals surface area (Å²) >= 11 is 0. The molecule has 1 aromatic carbocycles. The molecule has 2 aromatic rings. The van der Waals surface area contributed by atoms with Gasteiger partial charge in [0.1, 0.15) is 0 Å². The third-order valence-corrected chi connectivity index (χ3v) is 4.64. The lowest BCUT2D eigenvalue weighted by molar-refractivity contribution is 0.309. The average molecular weight is 223 g/mol. The first kappa shape index (κ1) is 9.52. The zero-order valence-electron chi connectivity index (χ0n) is 10.4. The van der Waals surface area contributed by atoms with Crippen molar-refractivity contribution < 1.29 is 0 Å². The monoisotopic (exact) mass is 223 g/mol. The van der Waals surface area contributed by atoms with E-state index in [4.69, 9.17) is 0 Å². The van der Waals surface area contributed by atoms with Gasteiger partial charge in [0.05, 0.1) is 5.69 Å². The Morgan fingerprint density at radius 1 is 1.06 bits per heavy atom. The lowest BCUT2D eigenvalue weighted by atomic mass is 9.63. The first-order chi connectivity index (χ1) is 8.21. The SMILES string of the molecule is Cc1ccc2c(c1)C1(CCC1)c1cc(C)[nH]c1-2. The topological polar surface area (TPSA) is 15.8 Å². The van der Waals surface area contributed by atoms with E-state index in [1.54, 1.807) is 11.1 Å². The van der Waals surface area contributed by atoms with Gasteiger partial charge >= 0.3 is 0 Å². The first-order valence-corrected chi connectivity index (χ1v) is 6.52. The van der Waals surface area contributed by atoms with Crippen molar-refractivity contribution in [2.24, 2.45) is 0 Å². The van der Waals surface area contributed by atoms with Crippen molar-refractivity contribution in [3.63, 3.8) is 0 Å². The summed E-state index contributed by atoms with van der Waals surface area (Å²) in [6.45, 7) is 4.36. The number of aryl methyl sites for hydroxylation is 2. The lowest BCUT2D eigenvalue weighted by Crippen LogP contribution is -2.33. The number of benzene rings is 1. The zero-order chi connectivity index (χ0) is 11.6. The molecule has 17 heavy (non-hydrogen) atoms. The van der Waals surface area contributed by atoms with Crippen LogP contribution in [0.1, 0.15) is 41.6 Å². The number of aromatic amines is 1. The molecule has 2 aliphatic carbocycles. The van der Waals surface area contributed by atoms with E-state index >= 15 is 0 Å². The van der Waals surface area contributed by atoms with E-state index in [-0.39, 0.29) is 0 Å². The highest BCUT2D eigenvalue weighted by Gasteiger charge is 2.48. The normalized spacial score (nSPS) is 18.9. The third-order valence-electron chi connectivity index (χ3n) is 4.64. The van der Waals surface area contributed by atoms with Crippen LogP contribution >= 0.6 is 0 Å². The van der Waals surface area contributed by atoms with Crippen LogP contribution in [0.25, 0.3) is 11.3 Å². The number of aromatic nitrogens is 1. The molecule has 86 valence electrons. The predicted octanol–water partition coefficient (Wildman–Crippen LogP) is 4.08. The number of fused-ring (bicyclic) bond motifs is 5. The van der Waals surface area contributed by atoms with Crippen LogP contribution in [0.4, 0.5) is 0 Å². The van der Waals surface area contributed by atoms with E-state index in [1.807, 2.05) is 0 Å². The van der Waals surface area contributed by atoms with Crippen molar-refractivity contribution in [2.45, 2.75) is 38.5 Å². The van der Waals surface area contributed by atoms with Gasteiger partial charge in [0.15, 0.2) is 0 Å². The van der Waals surface area contributed by atoms with Gasteiger partial charge in [-0.05, 0) is 43.9 Å². The number of H-pyrrole nitrogens is 1. The van der Waals surface area contributed by atoms with Crippen LogP contribution in [-0.4, -0.2) is 4.98 Å². The highest BCUT2D eigenvalue weighted by atomic mass is 14.8. The summed E-state index contributed by atoms with van der Waals surface area (Å²) in [6, 6.07) is 9.30. The van der Waals surface area contributed by atoms with E-state index in [0.29, 0.717) is 5.41 Å². The van der Waals surface area contributed by atoms with E-state index in [9.17, 15) is 0 Å². The second kappa shape index (κ2) is 2.84. The van der Waals surface area contributed by atoms with Gasteiger partial charge in [-0.2, -0.15) is 0 Å². The molecule has 0 bridgehead atoms. The van der Waals surface area contributed by atoms with Gasteiger partial charge in [-0.3, -0.25) is 0 Å². The smallest absolute Gasteiger partial charge is 0.0500 e. The Labute approximate surface area is 102 Å². The predicted molar refractivity (Wildman–Crippen MR) is 70.3 cm³/mol. The molecule has 1 aromatic heterocycles. The number of rotatable bonds is 0. The van der Waals surface area contributed by atoms with Crippen LogP contribution < -0.4 is 0 Å². The maximum Gasteiger partial charge on any atom is 0.0500 e. The molecule has 1 spiro atoms. The van der Waals surface area contributed by atoms with Gasteiger partial charge in [0, 0.05) is 16.7 Å². The van der Waals surface area contributed by atoms with Crippen LogP contribution in [0, 0.1) is 13.8 Å². The van der Waals surface area contributed by atoms with Crippen LogP contribution in [0.2, 0.25) is 0 Å². The summed E-state index contributed by atoms with van der Waals surface area (Å²) in [5.41, 5.74) is 9.01. The van der Waals surface area contributed by atoms with E-state index in [2.05, 4.69) is 43.1 Å². The second-order valence-corrected chi connectivity index (χ2v) is 5.73. The maximum absolute atomic E-state index is 3.56. The summed E-state index contributed by atoms with van der Waals surface area (Å²) in [4.78, 5) is 3.56. The molecule has 2 aliphatic rings. The molecule has 1 fully saturated rings. The van der Waals surface area contributed by atoms with E-state index in [1.165, 1.54) is 41.8 Å². The van der Waals surface area contributed by atoms with Crippen LogP contribution in [0.5, 0.6) is 0 Å². The summed E-state index contributed by atoms with van der Waals surface area (Å²) in [5, 5.41) is 0. The Morgan fingerprint density at radius 2 is 1.88 bits per heavy atom. The number of nitrogens with one attached hydrogen (secondary N) is 1. The molecule has 0 atom stereocenters. The van der Waals surface area contributed by atoms with Crippen LogP contribution in [-0.2, 0) is 5.41 Å². The zero-order valence-corrected chi connectivity index (χ0v) is 10.4. The van der Waals surface area contributed by atoms with Gasteiger partial charge in [-0.15, -0.1) is 0 Å². The molecule has 1 saturated carbocycles. The van der Waals surface area contributed by atoms with Crippen molar-refractivity contribution in [1.29, 1.82) is 0 Å². The fraction of sp³-hybridized carbons (Fsp3) is 0.375.